The molecule has 0 aliphatic carbocycles. The summed E-state index contributed by atoms with van der Waals surface area (Å²) in [6.45, 7) is 8.10. The fourth-order valence-corrected chi connectivity index (χ4v) is 1.08. The average Bonchev–Trinajstić information content (AvgIpc) is 2.09. The molecular formula is C13H22O. The predicted molar refractivity (Wildman–Crippen MR) is 60.9 cm³/mol. The normalized spacial score (nSPS) is 10.1. The summed E-state index contributed by atoms with van der Waals surface area (Å²) in [5.74, 6) is 7.28. The third kappa shape index (κ3) is 7.86. The maximum absolute atomic E-state index is 11.2. The van der Waals surface area contributed by atoms with Crippen LogP contribution in [0.25, 0.3) is 0 Å². The molecule has 0 radical (unpaired) electrons. The number of Topliss-reactive ketones (excluding diaryl/α,β-unsaturated/α-hetero) is 1. The van der Waals surface area contributed by atoms with Gasteiger partial charge in [-0.05, 0) is 12.8 Å². The number of hydrogen-bond donors (Lipinski definition) is 0. The quantitative estimate of drug-likeness (QED) is 0.484. The van der Waals surface area contributed by atoms with E-state index in [1.165, 1.54) is 0 Å². The highest BCUT2D eigenvalue weighted by molar-refractivity contribution is 5.80. The zero-order valence-corrected chi connectivity index (χ0v) is 9.89. The van der Waals surface area contributed by atoms with Crippen LogP contribution < -0.4 is 0 Å². The van der Waals surface area contributed by atoms with Gasteiger partial charge in [0.05, 0.1) is 0 Å². The Morgan fingerprint density at radius 3 is 2.29 bits per heavy atom. The lowest BCUT2D eigenvalue weighted by molar-refractivity contribution is -0.122. The zero-order chi connectivity index (χ0) is 11.0. The van der Waals surface area contributed by atoms with Crippen LogP contribution in [0.2, 0.25) is 0 Å². The lowest BCUT2D eigenvalue weighted by Gasteiger charge is -2.01. The molecule has 80 valence electrons. The summed E-state index contributed by atoms with van der Waals surface area (Å²) in [5.41, 5.74) is 0. The van der Waals surface area contributed by atoms with Crippen molar-refractivity contribution in [3.8, 4) is 11.8 Å². The molecule has 0 rings (SSSR count). The van der Waals surface area contributed by atoms with Crippen LogP contribution in [0.15, 0.2) is 0 Å². The first-order valence-electron chi connectivity index (χ1n) is 5.55. The fraction of sp³-hybridized carbons (Fsp3) is 0.769. The highest BCUT2D eigenvalue weighted by atomic mass is 16.1. The van der Waals surface area contributed by atoms with Gasteiger partial charge in [-0.25, -0.2) is 0 Å². The Morgan fingerprint density at radius 2 is 1.79 bits per heavy atom. The molecule has 0 aliphatic rings. The van der Waals surface area contributed by atoms with E-state index in [1.807, 2.05) is 13.8 Å². The molecular weight excluding hydrogens is 172 g/mol. The standard InChI is InChI=1S/C13H22O/c1-11(2)9-7-5-6-8-10-13(14)12(3)4/h11-12H,5-6,8,10H2,1-4H3. The lowest BCUT2D eigenvalue weighted by Crippen LogP contribution is -2.05. The van der Waals surface area contributed by atoms with E-state index in [-0.39, 0.29) is 5.92 Å². The highest BCUT2D eigenvalue weighted by Crippen LogP contribution is 2.05. The summed E-state index contributed by atoms with van der Waals surface area (Å²) in [5, 5.41) is 0. The van der Waals surface area contributed by atoms with Crippen molar-refractivity contribution in [2.75, 3.05) is 0 Å². The molecule has 0 aromatic carbocycles. The van der Waals surface area contributed by atoms with Gasteiger partial charge in [0.15, 0.2) is 0 Å². The summed E-state index contributed by atoms with van der Waals surface area (Å²) in [6, 6.07) is 0. The third-order valence-corrected chi connectivity index (χ3v) is 2.01. The van der Waals surface area contributed by atoms with Crippen LogP contribution in [0.1, 0.15) is 53.4 Å². The Bertz CT molecular complexity index is 215. The number of rotatable bonds is 5. The second-order valence-corrected chi connectivity index (χ2v) is 4.30. The molecule has 14 heavy (non-hydrogen) atoms. The Labute approximate surface area is 88.3 Å². The predicted octanol–water partition coefficient (Wildman–Crippen LogP) is 3.43. The molecule has 0 atom stereocenters. The zero-order valence-electron chi connectivity index (χ0n) is 9.89. The van der Waals surface area contributed by atoms with Gasteiger partial charge in [0.2, 0.25) is 0 Å². The van der Waals surface area contributed by atoms with E-state index in [2.05, 4.69) is 25.7 Å². The van der Waals surface area contributed by atoms with Gasteiger partial charge >= 0.3 is 0 Å². The van der Waals surface area contributed by atoms with E-state index in [0.29, 0.717) is 11.7 Å². The third-order valence-electron chi connectivity index (χ3n) is 2.01. The minimum atomic E-state index is 0.191. The topological polar surface area (TPSA) is 17.1 Å². The first-order valence-corrected chi connectivity index (χ1v) is 5.55. The number of ketones is 1. The van der Waals surface area contributed by atoms with Gasteiger partial charge in [-0.2, -0.15) is 0 Å². The van der Waals surface area contributed by atoms with Crippen LogP contribution in [0, 0.1) is 23.7 Å². The SMILES string of the molecule is CC(C)C#CCCCCC(=O)C(C)C. The van der Waals surface area contributed by atoms with Crippen molar-refractivity contribution in [2.45, 2.75) is 53.4 Å². The molecule has 0 spiro atoms. The van der Waals surface area contributed by atoms with E-state index in [1.54, 1.807) is 0 Å². The molecule has 0 aliphatic heterocycles. The molecule has 0 aromatic heterocycles. The van der Waals surface area contributed by atoms with E-state index < -0.39 is 0 Å². The lowest BCUT2D eigenvalue weighted by atomic mass is 10.0. The molecule has 0 amide bonds. The van der Waals surface area contributed by atoms with Gasteiger partial charge in [0, 0.05) is 24.7 Å². The molecule has 0 unspecified atom stereocenters. The summed E-state index contributed by atoms with van der Waals surface area (Å²) >= 11 is 0. The van der Waals surface area contributed by atoms with Crippen molar-refractivity contribution < 1.29 is 4.79 Å². The van der Waals surface area contributed by atoms with Gasteiger partial charge < -0.3 is 0 Å². The fourth-order valence-electron chi connectivity index (χ4n) is 1.08. The van der Waals surface area contributed by atoms with Crippen molar-refractivity contribution in [1.82, 2.24) is 0 Å². The first kappa shape index (κ1) is 13.2. The van der Waals surface area contributed by atoms with Crippen LogP contribution in [0.4, 0.5) is 0 Å². The molecule has 0 aromatic rings. The van der Waals surface area contributed by atoms with Crippen LogP contribution in [0.3, 0.4) is 0 Å². The summed E-state index contributed by atoms with van der Waals surface area (Å²) < 4.78 is 0. The average molecular weight is 194 g/mol. The van der Waals surface area contributed by atoms with Crippen molar-refractivity contribution in [3.63, 3.8) is 0 Å². The van der Waals surface area contributed by atoms with Crippen LogP contribution in [0.5, 0.6) is 0 Å². The summed E-state index contributed by atoms with van der Waals surface area (Å²) in [4.78, 5) is 11.2. The number of hydrogen-bond acceptors (Lipinski definition) is 1. The Morgan fingerprint density at radius 1 is 1.14 bits per heavy atom. The van der Waals surface area contributed by atoms with Crippen molar-refractivity contribution in [3.05, 3.63) is 0 Å². The first-order chi connectivity index (χ1) is 6.54. The number of carbonyl (C=O) groups excluding carboxylic acids is 1. The molecule has 1 heteroatoms. The Hall–Kier alpha value is -0.770. The molecule has 1 nitrogen and oxygen atoms in total. The van der Waals surface area contributed by atoms with Crippen LogP contribution in [-0.4, -0.2) is 5.78 Å². The number of carbonyl (C=O) groups is 1. The Kier molecular flexibility index (Phi) is 7.20. The van der Waals surface area contributed by atoms with Gasteiger partial charge in [-0.3, -0.25) is 4.79 Å². The highest BCUT2D eigenvalue weighted by Gasteiger charge is 2.05. The monoisotopic (exact) mass is 194 g/mol. The van der Waals surface area contributed by atoms with E-state index in [4.69, 9.17) is 0 Å². The maximum atomic E-state index is 11.2. The second kappa shape index (κ2) is 7.62. The minimum absolute atomic E-state index is 0.191. The van der Waals surface area contributed by atoms with E-state index in [9.17, 15) is 4.79 Å². The molecule has 0 N–H and O–H groups in total. The van der Waals surface area contributed by atoms with Crippen LogP contribution >= 0.6 is 0 Å². The van der Waals surface area contributed by atoms with Gasteiger partial charge in [-0.15, -0.1) is 11.8 Å². The largest absolute Gasteiger partial charge is 0.299 e. The summed E-state index contributed by atoms with van der Waals surface area (Å²) in [7, 11) is 0. The van der Waals surface area contributed by atoms with Crippen molar-refractivity contribution >= 4 is 5.78 Å². The second-order valence-electron chi connectivity index (χ2n) is 4.30. The van der Waals surface area contributed by atoms with Gasteiger partial charge in [0.1, 0.15) is 5.78 Å². The van der Waals surface area contributed by atoms with Crippen molar-refractivity contribution in [2.24, 2.45) is 11.8 Å². The van der Waals surface area contributed by atoms with Crippen LogP contribution in [-0.2, 0) is 4.79 Å². The molecule has 0 fully saturated rings. The molecule has 0 saturated carbocycles. The summed E-state index contributed by atoms with van der Waals surface area (Å²) in [6.07, 6.45) is 3.70. The minimum Gasteiger partial charge on any atom is -0.299 e. The van der Waals surface area contributed by atoms with Gasteiger partial charge in [-0.1, -0.05) is 27.7 Å². The number of unbranched alkanes of at least 4 members (excludes halogenated alkanes) is 2. The maximum Gasteiger partial charge on any atom is 0.135 e. The van der Waals surface area contributed by atoms with Crippen molar-refractivity contribution in [1.29, 1.82) is 0 Å². The van der Waals surface area contributed by atoms with Gasteiger partial charge in [0.25, 0.3) is 0 Å². The molecule has 0 saturated heterocycles. The van der Waals surface area contributed by atoms with E-state index >= 15 is 0 Å². The Balaban J connectivity index is 3.40. The smallest absolute Gasteiger partial charge is 0.135 e. The van der Waals surface area contributed by atoms with E-state index in [0.717, 1.165) is 25.7 Å². The molecule has 0 bridgehead atoms. The molecule has 0 heterocycles.